The minimum Gasteiger partial charge on any atom is -0.480 e. The maximum atomic E-state index is 12.7. The van der Waals surface area contributed by atoms with Gasteiger partial charge in [0.15, 0.2) is 0 Å². The van der Waals surface area contributed by atoms with Crippen molar-refractivity contribution in [1.29, 1.82) is 0 Å². The Kier molecular flexibility index (Phi) is 6.96. The molecule has 2 amide bonds. The van der Waals surface area contributed by atoms with Gasteiger partial charge in [0.05, 0.1) is 12.1 Å². The van der Waals surface area contributed by atoms with Crippen LogP contribution in [0, 0.1) is 5.92 Å². The van der Waals surface area contributed by atoms with Crippen molar-refractivity contribution >= 4 is 17.8 Å². The van der Waals surface area contributed by atoms with Crippen molar-refractivity contribution in [2.24, 2.45) is 11.7 Å². The summed E-state index contributed by atoms with van der Waals surface area (Å²) >= 11 is 0. The number of aliphatic carboxylic acids is 1. The molecule has 0 aliphatic carbocycles. The van der Waals surface area contributed by atoms with Gasteiger partial charge in [-0.05, 0) is 31.2 Å². The Labute approximate surface area is 160 Å². The van der Waals surface area contributed by atoms with E-state index in [0.717, 1.165) is 5.56 Å². The monoisotopic (exact) mass is 375 g/mol. The lowest BCUT2D eigenvalue weighted by Gasteiger charge is -2.44. The molecule has 2 rings (SSSR count). The van der Waals surface area contributed by atoms with Gasteiger partial charge in [0, 0.05) is 6.54 Å². The Balaban J connectivity index is 2.29. The van der Waals surface area contributed by atoms with Crippen molar-refractivity contribution < 1.29 is 19.5 Å². The molecule has 0 radical (unpaired) electrons. The van der Waals surface area contributed by atoms with Gasteiger partial charge < -0.3 is 20.6 Å². The highest BCUT2D eigenvalue weighted by molar-refractivity contribution is 5.91. The molecule has 0 saturated carbocycles. The lowest BCUT2D eigenvalue weighted by molar-refractivity contribution is -0.159. The van der Waals surface area contributed by atoms with Gasteiger partial charge >= 0.3 is 5.97 Å². The molecule has 1 unspecified atom stereocenters. The summed E-state index contributed by atoms with van der Waals surface area (Å²) < 4.78 is 0. The van der Waals surface area contributed by atoms with E-state index in [9.17, 15) is 19.5 Å². The molecule has 0 bridgehead atoms. The minimum absolute atomic E-state index is 0.134. The molecule has 27 heavy (non-hydrogen) atoms. The number of carboxylic acids is 1. The SMILES string of the molecule is CC(C)C[C@@H](C(=O)O)N1C[C@@H](Cc2ccccc2)N(C(=O)C(C)N)CC1=O. The van der Waals surface area contributed by atoms with Crippen LogP contribution in [-0.4, -0.2) is 63.9 Å². The lowest BCUT2D eigenvalue weighted by Crippen LogP contribution is -2.63. The Hall–Kier alpha value is -2.41. The normalized spacial score (nSPS) is 19.9. The fraction of sp³-hybridized carbons (Fsp3) is 0.550. The molecule has 0 spiro atoms. The summed E-state index contributed by atoms with van der Waals surface area (Å²) in [5.74, 6) is -1.52. The van der Waals surface area contributed by atoms with Crippen molar-refractivity contribution in [3.8, 4) is 0 Å². The quantitative estimate of drug-likeness (QED) is 0.743. The third-order valence-electron chi connectivity index (χ3n) is 4.82. The third kappa shape index (κ3) is 5.29. The van der Waals surface area contributed by atoms with Crippen LogP contribution in [0.4, 0.5) is 0 Å². The number of hydrogen-bond acceptors (Lipinski definition) is 4. The molecule has 1 aliphatic rings. The molecule has 1 heterocycles. The fourth-order valence-electron chi connectivity index (χ4n) is 3.48. The standard InChI is InChI=1S/C20H29N3O4/c1-13(2)9-17(20(26)27)23-11-16(10-15-7-5-4-6-8-15)22(12-18(23)24)19(25)14(3)21/h4-8,13-14,16-17H,9-12,21H2,1-3H3,(H,26,27)/t14?,16-,17+/m1/s1. The number of piperazine rings is 1. The summed E-state index contributed by atoms with van der Waals surface area (Å²) in [7, 11) is 0. The topological polar surface area (TPSA) is 104 Å². The Morgan fingerprint density at radius 2 is 1.85 bits per heavy atom. The van der Waals surface area contributed by atoms with Gasteiger partial charge in [0.25, 0.3) is 0 Å². The van der Waals surface area contributed by atoms with Gasteiger partial charge in [-0.3, -0.25) is 9.59 Å². The molecule has 3 atom stereocenters. The average molecular weight is 375 g/mol. The van der Waals surface area contributed by atoms with Crippen LogP contribution in [0.25, 0.3) is 0 Å². The maximum absolute atomic E-state index is 12.7. The first kappa shape index (κ1) is 20.9. The molecular formula is C20H29N3O4. The van der Waals surface area contributed by atoms with Crippen LogP contribution in [0.15, 0.2) is 30.3 Å². The Morgan fingerprint density at radius 3 is 2.37 bits per heavy atom. The van der Waals surface area contributed by atoms with Gasteiger partial charge in [-0.1, -0.05) is 44.2 Å². The number of benzene rings is 1. The first-order valence-corrected chi connectivity index (χ1v) is 9.33. The summed E-state index contributed by atoms with van der Waals surface area (Å²) in [5.41, 5.74) is 6.79. The van der Waals surface area contributed by atoms with Crippen LogP contribution in [-0.2, 0) is 20.8 Å². The first-order chi connectivity index (χ1) is 12.7. The number of nitrogens with zero attached hydrogens (tertiary/aromatic N) is 2. The van der Waals surface area contributed by atoms with E-state index in [2.05, 4.69) is 0 Å². The van der Waals surface area contributed by atoms with Crippen LogP contribution in [0.1, 0.15) is 32.8 Å². The van der Waals surface area contributed by atoms with Crippen LogP contribution >= 0.6 is 0 Å². The number of carboxylic acid groups (broad SMARTS) is 1. The van der Waals surface area contributed by atoms with Gasteiger partial charge in [-0.2, -0.15) is 0 Å². The summed E-state index contributed by atoms with van der Waals surface area (Å²) in [6.45, 7) is 5.50. The second-order valence-electron chi connectivity index (χ2n) is 7.63. The number of nitrogens with two attached hydrogens (primary N) is 1. The molecule has 7 heteroatoms. The molecule has 0 aromatic heterocycles. The first-order valence-electron chi connectivity index (χ1n) is 9.33. The maximum Gasteiger partial charge on any atom is 0.326 e. The zero-order valence-corrected chi connectivity index (χ0v) is 16.2. The molecule has 1 aromatic rings. The summed E-state index contributed by atoms with van der Waals surface area (Å²) in [6.07, 6.45) is 0.914. The highest BCUT2D eigenvalue weighted by Gasteiger charge is 2.40. The van der Waals surface area contributed by atoms with Gasteiger partial charge in [0.1, 0.15) is 12.6 Å². The predicted octanol–water partition coefficient (Wildman–Crippen LogP) is 1.12. The lowest BCUT2D eigenvalue weighted by atomic mass is 9.97. The molecule has 1 aliphatic heterocycles. The van der Waals surface area contributed by atoms with E-state index in [-0.39, 0.29) is 36.9 Å². The van der Waals surface area contributed by atoms with E-state index in [4.69, 9.17) is 5.73 Å². The summed E-state index contributed by atoms with van der Waals surface area (Å²) in [4.78, 5) is 39.9. The number of amides is 2. The smallest absolute Gasteiger partial charge is 0.326 e. The molecule has 148 valence electrons. The van der Waals surface area contributed by atoms with Crippen LogP contribution in [0.2, 0.25) is 0 Å². The zero-order valence-electron chi connectivity index (χ0n) is 16.2. The average Bonchev–Trinajstić information content (AvgIpc) is 2.61. The van der Waals surface area contributed by atoms with E-state index in [0.29, 0.717) is 12.8 Å². The molecule has 3 N–H and O–H groups in total. The number of rotatable bonds is 7. The molecule has 1 fully saturated rings. The summed E-state index contributed by atoms with van der Waals surface area (Å²) in [6, 6.07) is 7.74. The van der Waals surface area contributed by atoms with Crippen molar-refractivity contribution in [1.82, 2.24) is 9.80 Å². The van der Waals surface area contributed by atoms with Crippen molar-refractivity contribution in [2.45, 2.75) is 51.7 Å². The summed E-state index contributed by atoms with van der Waals surface area (Å²) in [5, 5.41) is 9.64. The third-order valence-corrected chi connectivity index (χ3v) is 4.82. The van der Waals surface area contributed by atoms with Crippen LogP contribution < -0.4 is 5.73 Å². The predicted molar refractivity (Wildman–Crippen MR) is 102 cm³/mol. The largest absolute Gasteiger partial charge is 0.480 e. The van der Waals surface area contributed by atoms with Gasteiger partial charge in [-0.25, -0.2) is 4.79 Å². The van der Waals surface area contributed by atoms with Gasteiger partial charge in [-0.15, -0.1) is 0 Å². The Morgan fingerprint density at radius 1 is 1.22 bits per heavy atom. The number of carbonyl (C=O) groups excluding carboxylic acids is 2. The molecular weight excluding hydrogens is 346 g/mol. The molecule has 7 nitrogen and oxygen atoms in total. The molecule has 1 saturated heterocycles. The highest BCUT2D eigenvalue weighted by Crippen LogP contribution is 2.22. The van der Waals surface area contributed by atoms with E-state index >= 15 is 0 Å². The van der Waals surface area contributed by atoms with Gasteiger partial charge in [0.2, 0.25) is 11.8 Å². The van der Waals surface area contributed by atoms with Crippen molar-refractivity contribution in [3.63, 3.8) is 0 Å². The number of hydrogen-bond donors (Lipinski definition) is 2. The fourth-order valence-corrected chi connectivity index (χ4v) is 3.48. The van der Waals surface area contributed by atoms with E-state index in [1.54, 1.807) is 6.92 Å². The van der Waals surface area contributed by atoms with Crippen molar-refractivity contribution in [2.75, 3.05) is 13.1 Å². The van der Waals surface area contributed by atoms with Crippen molar-refractivity contribution in [3.05, 3.63) is 35.9 Å². The van der Waals surface area contributed by atoms with Crippen LogP contribution in [0.3, 0.4) is 0 Å². The second-order valence-corrected chi connectivity index (χ2v) is 7.63. The molecule has 1 aromatic carbocycles. The van der Waals surface area contributed by atoms with E-state index in [1.807, 2.05) is 44.2 Å². The van der Waals surface area contributed by atoms with Crippen LogP contribution in [0.5, 0.6) is 0 Å². The number of carbonyl (C=O) groups is 3. The minimum atomic E-state index is -1.01. The highest BCUT2D eigenvalue weighted by atomic mass is 16.4. The zero-order chi connectivity index (χ0) is 20.1. The van der Waals surface area contributed by atoms with E-state index < -0.39 is 18.1 Å². The second kappa shape index (κ2) is 8.99. The Bertz CT molecular complexity index is 675. The van der Waals surface area contributed by atoms with E-state index in [1.165, 1.54) is 9.80 Å².